The van der Waals surface area contributed by atoms with Crippen LogP contribution in [-0.4, -0.2) is 41.6 Å². The van der Waals surface area contributed by atoms with Crippen molar-refractivity contribution < 1.29 is 18.7 Å². The number of hydrogen-bond acceptors (Lipinski definition) is 3. The minimum Gasteiger partial charge on any atom is -0.444 e. The third-order valence-electron chi connectivity index (χ3n) is 3.92. The molecular formula is C18H24BrFN2O3. The maximum absolute atomic E-state index is 13.8. The third-order valence-corrected chi connectivity index (χ3v) is 4.41. The Morgan fingerprint density at radius 3 is 2.56 bits per heavy atom. The zero-order valence-corrected chi connectivity index (χ0v) is 16.4. The van der Waals surface area contributed by atoms with E-state index >= 15 is 0 Å². The van der Waals surface area contributed by atoms with Gasteiger partial charge in [-0.05, 0) is 57.4 Å². The van der Waals surface area contributed by atoms with E-state index in [1.54, 1.807) is 17.0 Å². The fraction of sp³-hybridized carbons (Fsp3) is 0.556. The summed E-state index contributed by atoms with van der Waals surface area (Å²) < 4.78 is 19.8. The number of hydrogen-bond donors (Lipinski definition) is 1. The molecule has 1 aromatic rings. The monoisotopic (exact) mass is 414 g/mol. The lowest BCUT2D eigenvalue weighted by Crippen LogP contribution is -2.48. The lowest BCUT2D eigenvalue weighted by Gasteiger charge is -2.33. The molecule has 2 amide bonds. The Hall–Kier alpha value is -1.63. The van der Waals surface area contributed by atoms with Crippen molar-refractivity contribution in [2.75, 3.05) is 13.1 Å². The number of alkyl carbamates (subject to hydrolysis) is 1. The third kappa shape index (κ3) is 6.30. The Morgan fingerprint density at radius 2 is 1.96 bits per heavy atom. The van der Waals surface area contributed by atoms with Gasteiger partial charge in [-0.15, -0.1) is 0 Å². The van der Waals surface area contributed by atoms with Crippen molar-refractivity contribution in [2.24, 2.45) is 0 Å². The Balaban J connectivity index is 1.82. The smallest absolute Gasteiger partial charge is 0.407 e. The molecule has 1 N–H and O–H groups in total. The molecule has 2 rings (SSSR count). The number of nitrogens with zero attached hydrogens (tertiary/aromatic N) is 1. The van der Waals surface area contributed by atoms with Crippen LogP contribution < -0.4 is 5.32 Å². The van der Waals surface area contributed by atoms with E-state index in [1.807, 2.05) is 20.8 Å². The van der Waals surface area contributed by atoms with E-state index in [0.29, 0.717) is 31.5 Å². The number of piperidine rings is 1. The van der Waals surface area contributed by atoms with Crippen LogP contribution in [0.2, 0.25) is 0 Å². The second-order valence-electron chi connectivity index (χ2n) is 7.21. The van der Waals surface area contributed by atoms with E-state index in [-0.39, 0.29) is 24.2 Å². The number of ether oxygens (including phenoxy) is 1. The molecule has 0 spiro atoms. The van der Waals surface area contributed by atoms with Crippen LogP contribution in [-0.2, 0) is 16.0 Å². The summed E-state index contributed by atoms with van der Waals surface area (Å²) in [5.74, 6) is -0.481. The number of carbonyl (C=O) groups excluding carboxylic acids is 2. The van der Waals surface area contributed by atoms with Crippen molar-refractivity contribution >= 4 is 27.9 Å². The molecule has 0 aliphatic carbocycles. The molecule has 0 bridgehead atoms. The lowest BCUT2D eigenvalue weighted by molar-refractivity contribution is -0.131. The van der Waals surface area contributed by atoms with Crippen molar-refractivity contribution in [3.05, 3.63) is 34.1 Å². The average Bonchev–Trinajstić information content (AvgIpc) is 2.49. The van der Waals surface area contributed by atoms with Gasteiger partial charge in [0, 0.05) is 23.6 Å². The van der Waals surface area contributed by atoms with E-state index < -0.39 is 11.7 Å². The summed E-state index contributed by atoms with van der Waals surface area (Å²) in [4.78, 5) is 25.9. The van der Waals surface area contributed by atoms with Crippen molar-refractivity contribution in [3.63, 3.8) is 0 Å². The van der Waals surface area contributed by atoms with E-state index in [2.05, 4.69) is 21.2 Å². The Kier molecular flexibility index (Phi) is 6.43. The van der Waals surface area contributed by atoms with Crippen LogP contribution in [0.5, 0.6) is 0 Å². The van der Waals surface area contributed by atoms with Crippen LogP contribution in [0.3, 0.4) is 0 Å². The van der Waals surface area contributed by atoms with E-state index in [9.17, 15) is 14.0 Å². The summed E-state index contributed by atoms with van der Waals surface area (Å²) in [6.07, 6.45) is 0.918. The van der Waals surface area contributed by atoms with E-state index in [4.69, 9.17) is 4.74 Å². The SMILES string of the molecule is CC(C)(C)OC(=O)NC1CCN(C(=O)Cc2cc(Br)ccc2F)CC1. The second-order valence-corrected chi connectivity index (χ2v) is 8.13. The number of nitrogens with one attached hydrogen (secondary N) is 1. The summed E-state index contributed by atoms with van der Waals surface area (Å²) in [6, 6.07) is 4.58. The normalized spacial score (nSPS) is 15.8. The minimum atomic E-state index is -0.533. The first-order valence-corrected chi connectivity index (χ1v) is 9.14. The van der Waals surface area contributed by atoms with Gasteiger partial charge in [-0.3, -0.25) is 4.79 Å². The van der Waals surface area contributed by atoms with Crippen LogP contribution in [0, 0.1) is 5.82 Å². The van der Waals surface area contributed by atoms with Crippen molar-refractivity contribution in [1.29, 1.82) is 0 Å². The molecule has 1 heterocycles. The number of carbonyl (C=O) groups is 2. The maximum atomic E-state index is 13.8. The van der Waals surface area contributed by atoms with Gasteiger partial charge in [-0.1, -0.05) is 15.9 Å². The number of benzene rings is 1. The largest absolute Gasteiger partial charge is 0.444 e. The molecule has 0 aromatic heterocycles. The molecular weight excluding hydrogens is 391 g/mol. The highest BCUT2D eigenvalue weighted by Crippen LogP contribution is 2.18. The van der Waals surface area contributed by atoms with Crippen LogP contribution in [0.15, 0.2) is 22.7 Å². The van der Waals surface area contributed by atoms with Gasteiger partial charge in [0.1, 0.15) is 11.4 Å². The zero-order valence-electron chi connectivity index (χ0n) is 14.8. The van der Waals surface area contributed by atoms with Crippen molar-refractivity contribution in [2.45, 2.75) is 51.7 Å². The first-order valence-electron chi connectivity index (χ1n) is 8.35. The minimum absolute atomic E-state index is 0.0125. The molecule has 1 aromatic carbocycles. The number of halogens is 2. The van der Waals surface area contributed by atoms with Crippen molar-refractivity contribution in [1.82, 2.24) is 10.2 Å². The zero-order chi connectivity index (χ0) is 18.6. The number of rotatable bonds is 3. The highest BCUT2D eigenvalue weighted by atomic mass is 79.9. The predicted molar refractivity (Wildman–Crippen MR) is 96.8 cm³/mol. The standard InChI is InChI=1S/C18H24BrFN2O3/c1-18(2,3)25-17(24)21-14-6-8-22(9-7-14)16(23)11-12-10-13(19)4-5-15(12)20/h4-5,10,14H,6-9,11H2,1-3H3,(H,21,24). The molecule has 7 heteroatoms. The fourth-order valence-corrected chi connectivity index (χ4v) is 3.11. The molecule has 1 aliphatic rings. The molecule has 1 fully saturated rings. The van der Waals surface area contributed by atoms with Crippen molar-refractivity contribution in [3.8, 4) is 0 Å². The van der Waals surface area contributed by atoms with Crippen LogP contribution in [0.25, 0.3) is 0 Å². The number of amides is 2. The Morgan fingerprint density at radius 1 is 1.32 bits per heavy atom. The van der Waals surface area contributed by atoms with Gasteiger partial charge in [0.2, 0.25) is 5.91 Å². The van der Waals surface area contributed by atoms with Gasteiger partial charge in [-0.2, -0.15) is 0 Å². The van der Waals surface area contributed by atoms with Crippen LogP contribution in [0.1, 0.15) is 39.2 Å². The summed E-state index contributed by atoms with van der Waals surface area (Å²) in [7, 11) is 0. The first kappa shape index (κ1) is 19.7. The van der Waals surface area contributed by atoms with Gasteiger partial charge in [-0.25, -0.2) is 9.18 Å². The molecule has 25 heavy (non-hydrogen) atoms. The lowest BCUT2D eigenvalue weighted by atomic mass is 10.0. The highest BCUT2D eigenvalue weighted by Gasteiger charge is 2.26. The van der Waals surface area contributed by atoms with E-state index in [1.165, 1.54) is 6.07 Å². The van der Waals surface area contributed by atoms with Gasteiger partial charge < -0.3 is 15.0 Å². The van der Waals surface area contributed by atoms with Gasteiger partial charge in [0.05, 0.1) is 6.42 Å². The predicted octanol–water partition coefficient (Wildman–Crippen LogP) is 3.65. The molecule has 0 saturated carbocycles. The molecule has 0 atom stereocenters. The van der Waals surface area contributed by atoms with Crippen LogP contribution >= 0.6 is 15.9 Å². The summed E-state index contributed by atoms with van der Waals surface area (Å²) >= 11 is 3.29. The molecule has 1 aliphatic heterocycles. The average molecular weight is 415 g/mol. The fourth-order valence-electron chi connectivity index (χ4n) is 2.70. The Bertz CT molecular complexity index is 638. The Labute approximate surface area is 156 Å². The van der Waals surface area contributed by atoms with Gasteiger partial charge in [0.25, 0.3) is 0 Å². The molecule has 5 nitrogen and oxygen atoms in total. The molecule has 1 saturated heterocycles. The maximum Gasteiger partial charge on any atom is 0.407 e. The molecule has 138 valence electrons. The van der Waals surface area contributed by atoms with Gasteiger partial charge >= 0.3 is 6.09 Å². The van der Waals surface area contributed by atoms with E-state index in [0.717, 1.165) is 4.47 Å². The second kappa shape index (κ2) is 8.17. The summed E-state index contributed by atoms with van der Waals surface area (Å²) in [5.41, 5.74) is -0.150. The first-order chi connectivity index (χ1) is 11.6. The highest BCUT2D eigenvalue weighted by molar-refractivity contribution is 9.10. The molecule has 0 unspecified atom stereocenters. The summed E-state index contributed by atoms with van der Waals surface area (Å²) in [5, 5.41) is 2.84. The number of likely N-dealkylation sites (tertiary alicyclic amines) is 1. The quantitative estimate of drug-likeness (QED) is 0.820. The van der Waals surface area contributed by atoms with Gasteiger partial charge in [0.15, 0.2) is 0 Å². The molecule has 0 radical (unpaired) electrons. The van der Waals surface area contributed by atoms with Crippen LogP contribution in [0.4, 0.5) is 9.18 Å². The topological polar surface area (TPSA) is 58.6 Å². The summed E-state index contributed by atoms with van der Waals surface area (Å²) in [6.45, 7) is 6.52.